The number of nitrogens with zero attached hydrogens (tertiary/aromatic N) is 1. The van der Waals surface area contributed by atoms with E-state index in [1.807, 2.05) is 0 Å². The predicted octanol–water partition coefficient (Wildman–Crippen LogP) is 3.20. The van der Waals surface area contributed by atoms with E-state index in [1.165, 1.54) is 12.3 Å². The van der Waals surface area contributed by atoms with Crippen LogP contribution in [0.15, 0.2) is 38.4 Å². The van der Waals surface area contributed by atoms with Gasteiger partial charge in [-0.05, 0) is 35.0 Å². The highest BCUT2D eigenvalue weighted by atomic mass is 79.9. The van der Waals surface area contributed by atoms with E-state index in [9.17, 15) is 8.42 Å². The number of rotatable bonds is 3. The average molecular weight is 352 g/mol. The summed E-state index contributed by atoms with van der Waals surface area (Å²) in [4.78, 5) is 0.0393. The van der Waals surface area contributed by atoms with Crippen molar-refractivity contribution in [1.29, 1.82) is 0 Å². The Hall–Kier alpha value is -1.05. The number of nitrogens with one attached hydrogen (secondary N) is 1. The van der Waals surface area contributed by atoms with Gasteiger partial charge >= 0.3 is 0 Å². The first kappa shape index (κ1) is 13.4. The number of hydrogen-bond acceptors (Lipinski definition) is 4. The van der Waals surface area contributed by atoms with E-state index in [-0.39, 0.29) is 10.7 Å². The summed E-state index contributed by atoms with van der Waals surface area (Å²) in [5, 5.41) is 3.88. The van der Waals surface area contributed by atoms with Crippen LogP contribution >= 0.6 is 27.5 Å². The predicted molar refractivity (Wildman–Crippen MR) is 71.2 cm³/mol. The number of aromatic nitrogens is 1. The van der Waals surface area contributed by atoms with E-state index in [0.29, 0.717) is 15.1 Å². The van der Waals surface area contributed by atoms with E-state index in [1.54, 1.807) is 19.1 Å². The first-order chi connectivity index (χ1) is 8.42. The van der Waals surface area contributed by atoms with Crippen molar-refractivity contribution in [2.45, 2.75) is 11.8 Å². The summed E-state index contributed by atoms with van der Waals surface area (Å²) in [5.41, 5.74) is 0.594. The standard InChI is InChI=1S/C10H8BrClN2O3S/c1-6-5-17-13-10(6)14-18(15,16)8-4-2-3-7(12)9(8)11/h2-5H,1H3,(H,13,14). The Morgan fingerprint density at radius 3 is 2.78 bits per heavy atom. The monoisotopic (exact) mass is 350 g/mol. The Bertz CT molecular complexity index is 684. The summed E-state index contributed by atoms with van der Waals surface area (Å²) in [6, 6.07) is 4.58. The van der Waals surface area contributed by atoms with Gasteiger partial charge in [0.05, 0.1) is 9.50 Å². The molecule has 0 saturated heterocycles. The van der Waals surface area contributed by atoms with Gasteiger partial charge in [0, 0.05) is 5.56 Å². The molecule has 0 radical (unpaired) electrons. The maximum absolute atomic E-state index is 12.1. The van der Waals surface area contributed by atoms with Crippen LogP contribution in [0.5, 0.6) is 0 Å². The molecule has 1 aromatic heterocycles. The molecule has 0 spiro atoms. The Kier molecular flexibility index (Phi) is 3.65. The van der Waals surface area contributed by atoms with Crippen molar-refractivity contribution < 1.29 is 12.9 Å². The van der Waals surface area contributed by atoms with Gasteiger partial charge < -0.3 is 4.52 Å². The van der Waals surface area contributed by atoms with Crippen LogP contribution in [0.2, 0.25) is 5.02 Å². The van der Waals surface area contributed by atoms with Crippen molar-refractivity contribution in [2.75, 3.05) is 4.72 Å². The molecule has 1 heterocycles. The molecule has 5 nitrogen and oxygen atoms in total. The fourth-order valence-corrected chi connectivity index (χ4v) is 3.56. The van der Waals surface area contributed by atoms with Crippen LogP contribution in [0.4, 0.5) is 5.82 Å². The third-order valence-corrected chi connectivity index (χ3v) is 5.23. The van der Waals surface area contributed by atoms with E-state index >= 15 is 0 Å². The highest BCUT2D eigenvalue weighted by molar-refractivity contribution is 9.10. The van der Waals surface area contributed by atoms with Gasteiger partial charge in [-0.3, -0.25) is 4.72 Å². The van der Waals surface area contributed by atoms with Crippen LogP contribution in [0, 0.1) is 6.92 Å². The summed E-state index contributed by atoms with van der Waals surface area (Å²) >= 11 is 9.00. The lowest BCUT2D eigenvalue weighted by Crippen LogP contribution is -2.14. The lowest BCUT2D eigenvalue weighted by molar-refractivity contribution is 0.422. The molecule has 0 saturated carbocycles. The third-order valence-electron chi connectivity index (χ3n) is 2.18. The van der Waals surface area contributed by atoms with Crippen molar-refractivity contribution in [1.82, 2.24) is 5.16 Å². The van der Waals surface area contributed by atoms with Gasteiger partial charge in [0.15, 0.2) is 5.82 Å². The number of anilines is 1. The Balaban J connectivity index is 2.43. The molecule has 0 amide bonds. The highest BCUT2D eigenvalue weighted by Gasteiger charge is 2.21. The van der Waals surface area contributed by atoms with E-state index in [4.69, 9.17) is 11.6 Å². The Morgan fingerprint density at radius 2 is 2.17 bits per heavy atom. The smallest absolute Gasteiger partial charge is 0.264 e. The molecule has 18 heavy (non-hydrogen) atoms. The molecule has 0 bridgehead atoms. The van der Waals surface area contributed by atoms with Gasteiger partial charge in [-0.1, -0.05) is 22.8 Å². The number of sulfonamides is 1. The van der Waals surface area contributed by atoms with Gasteiger partial charge in [-0.2, -0.15) is 0 Å². The lowest BCUT2D eigenvalue weighted by Gasteiger charge is -2.08. The second kappa shape index (κ2) is 4.91. The van der Waals surface area contributed by atoms with Crippen LogP contribution in [-0.2, 0) is 10.0 Å². The molecule has 0 aliphatic rings. The summed E-state index contributed by atoms with van der Waals surface area (Å²) in [6.45, 7) is 1.68. The van der Waals surface area contributed by atoms with Gasteiger partial charge in [-0.25, -0.2) is 8.42 Å². The van der Waals surface area contributed by atoms with E-state index in [0.717, 1.165) is 0 Å². The lowest BCUT2D eigenvalue weighted by atomic mass is 10.4. The normalized spacial score (nSPS) is 11.5. The number of halogens is 2. The van der Waals surface area contributed by atoms with Crippen LogP contribution < -0.4 is 4.72 Å². The molecule has 0 unspecified atom stereocenters. The molecule has 2 rings (SSSR count). The maximum atomic E-state index is 12.1. The van der Waals surface area contributed by atoms with E-state index < -0.39 is 10.0 Å². The molecule has 2 aromatic rings. The zero-order valence-electron chi connectivity index (χ0n) is 9.15. The molecule has 96 valence electrons. The zero-order valence-corrected chi connectivity index (χ0v) is 12.3. The third kappa shape index (κ3) is 2.52. The summed E-state index contributed by atoms with van der Waals surface area (Å²) in [6.07, 6.45) is 1.35. The topological polar surface area (TPSA) is 72.2 Å². The van der Waals surface area contributed by atoms with Crippen LogP contribution in [0.3, 0.4) is 0 Å². The summed E-state index contributed by atoms with van der Waals surface area (Å²) in [5.74, 6) is 0.155. The van der Waals surface area contributed by atoms with Crippen LogP contribution in [0.25, 0.3) is 0 Å². The Morgan fingerprint density at radius 1 is 1.44 bits per heavy atom. The zero-order chi connectivity index (χ0) is 13.3. The molecule has 0 aliphatic heterocycles. The maximum Gasteiger partial charge on any atom is 0.264 e. The van der Waals surface area contributed by atoms with Gasteiger partial charge in [0.25, 0.3) is 10.0 Å². The molecule has 1 N–H and O–H groups in total. The highest BCUT2D eigenvalue weighted by Crippen LogP contribution is 2.30. The largest absolute Gasteiger partial charge is 0.362 e. The number of aryl methyl sites for hydroxylation is 1. The second-order valence-corrected chi connectivity index (χ2v) is 6.35. The molecule has 1 aromatic carbocycles. The fourth-order valence-electron chi connectivity index (χ4n) is 1.26. The van der Waals surface area contributed by atoms with Crippen molar-refractivity contribution in [3.8, 4) is 0 Å². The van der Waals surface area contributed by atoms with Crippen LogP contribution in [-0.4, -0.2) is 13.6 Å². The van der Waals surface area contributed by atoms with Gasteiger partial charge in [0.1, 0.15) is 11.2 Å². The minimum absolute atomic E-state index is 0.0393. The van der Waals surface area contributed by atoms with Crippen molar-refractivity contribution in [3.05, 3.63) is 39.5 Å². The summed E-state index contributed by atoms with van der Waals surface area (Å²) in [7, 11) is -3.76. The molecular weight excluding hydrogens is 344 g/mol. The SMILES string of the molecule is Cc1conc1NS(=O)(=O)c1cccc(Cl)c1Br. The first-order valence-electron chi connectivity index (χ1n) is 4.79. The molecule has 8 heteroatoms. The Labute approximate surface area is 117 Å². The van der Waals surface area contributed by atoms with Gasteiger partial charge in [0.2, 0.25) is 0 Å². The molecule has 0 atom stereocenters. The molecule has 0 aliphatic carbocycles. The molecule has 0 fully saturated rings. The minimum Gasteiger partial charge on any atom is -0.362 e. The van der Waals surface area contributed by atoms with E-state index in [2.05, 4.69) is 30.3 Å². The van der Waals surface area contributed by atoms with Crippen molar-refractivity contribution in [2.24, 2.45) is 0 Å². The number of benzene rings is 1. The quantitative estimate of drug-likeness (QED) is 0.921. The first-order valence-corrected chi connectivity index (χ1v) is 7.45. The minimum atomic E-state index is -3.76. The van der Waals surface area contributed by atoms with Crippen molar-refractivity contribution in [3.63, 3.8) is 0 Å². The summed E-state index contributed by atoms with van der Waals surface area (Å²) < 4.78 is 31.6. The van der Waals surface area contributed by atoms with Gasteiger partial charge in [-0.15, -0.1) is 0 Å². The van der Waals surface area contributed by atoms with Crippen LogP contribution in [0.1, 0.15) is 5.56 Å². The van der Waals surface area contributed by atoms with Crippen molar-refractivity contribution >= 4 is 43.4 Å². The average Bonchev–Trinajstić information content (AvgIpc) is 2.67. The second-order valence-electron chi connectivity index (χ2n) is 3.50. The molecular formula is C10H8BrClN2O3S. The fraction of sp³-hybridized carbons (Fsp3) is 0.100. The number of hydrogen-bond donors (Lipinski definition) is 1.